The number of carbonyl (C=O) groups excluding carboxylic acids is 2. The second-order valence-electron chi connectivity index (χ2n) is 6.21. The first-order valence-corrected chi connectivity index (χ1v) is 9.16. The highest BCUT2D eigenvalue weighted by Crippen LogP contribution is 2.16. The molecule has 1 fully saturated rings. The van der Waals surface area contributed by atoms with Gasteiger partial charge in [-0.15, -0.1) is 0 Å². The van der Waals surface area contributed by atoms with Crippen molar-refractivity contribution in [3.05, 3.63) is 29.8 Å². The van der Waals surface area contributed by atoms with Crippen molar-refractivity contribution >= 4 is 29.3 Å². The summed E-state index contributed by atoms with van der Waals surface area (Å²) in [7, 11) is 0. The molecule has 0 saturated carbocycles. The quantitative estimate of drug-likeness (QED) is 0.865. The number of nitrogens with two attached hydrogens (primary N) is 1. The number of carbonyl (C=O) groups is 2. The van der Waals surface area contributed by atoms with E-state index in [9.17, 15) is 9.59 Å². The number of amides is 2. The van der Waals surface area contributed by atoms with E-state index in [1.54, 1.807) is 24.3 Å². The summed E-state index contributed by atoms with van der Waals surface area (Å²) in [6, 6.07) is 6.55. The van der Waals surface area contributed by atoms with Gasteiger partial charge in [-0.1, -0.05) is 19.9 Å². The van der Waals surface area contributed by atoms with Crippen LogP contribution in [0, 0.1) is 5.92 Å². The average molecular weight is 335 g/mol. The average Bonchev–Trinajstić information content (AvgIpc) is 2.54. The van der Waals surface area contributed by atoms with Crippen LogP contribution in [0.1, 0.15) is 30.6 Å². The monoisotopic (exact) mass is 335 g/mol. The van der Waals surface area contributed by atoms with E-state index < -0.39 is 6.04 Å². The van der Waals surface area contributed by atoms with Gasteiger partial charge in [-0.2, -0.15) is 11.8 Å². The SMILES string of the molecule is CC(C)C[C@H](N)C(=O)Nc1cccc(C(=O)N2CCSCC2)c1. The summed E-state index contributed by atoms with van der Waals surface area (Å²) >= 11 is 1.87. The zero-order valence-electron chi connectivity index (χ0n) is 13.7. The van der Waals surface area contributed by atoms with E-state index in [4.69, 9.17) is 5.73 Å². The molecule has 1 aromatic carbocycles. The van der Waals surface area contributed by atoms with Gasteiger partial charge in [0.25, 0.3) is 5.91 Å². The van der Waals surface area contributed by atoms with Crippen molar-refractivity contribution in [3.8, 4) is 0 Å². The number of thioether (sulfide) groups is 1. The molecule has 1 aliphatic heterocycles. The Labute approximate surface area is 142 Å². The summed E-state index contributed by atoms with van der Waals surface area (Å²) < 4.78 is 0. The Balaban J connectivity index is 2.01. The Bertz CT molecular complexity index is 557. The van der Waals surface area contributed by atoms with Crippen LogP contribution in [0.25, 0.3) is 0 Å². The third-order valence-electron chi connectivity index (χ3n) is 3.74. The van der Waals surface area contributed by atoms with Crippen molar-refractivity contribution in [1.82, 2.24) is 4.90 Å². The van der Waals surface area contributed by atoms with Crippen LogP contribution in [0.3, 0.4) is 0 Å². The topological polar surface area (TPSA) is 75.4 Å². The standard InChI is InChI=1S/C17H25N3O2S/c1-12(2)10-15(18)16(21)19-14-5-3-4-13(11-14)17(22)20-6-8-23-9-7-20/h3-5,11-12,15H,6-10,18H2,1-2H3,(H,19,21)/t15-/m0/s1. The lowest BCUT2D eigenvalue weighted by Gasteiger charge is -2.26. The van der Waals surface area contributed by atoms with Gasteiger partial charge in [0.2, 0.25) is 5.91 Å². The van der Waals surface area contributed by atoms with Crippen LogP contribution in [-0.2, 0) is 4.79 Å². The fourth-order valence-electron chi connectivity index (χ4n) is 2.53. The second kappa shape index (κ2) is 8.36. The van der Waals surface area contributed by atoms with Gasteiger partial charge in [0.15, 0.2) is 0 Å². The highest BCUT2D eigenvalue weighted by molar-refractivity contribution is 7.99. The van der Waals surface area contributed by atoms with Crippen LogP contribution in [0.5, 0.6) is 0 Å². The van der Waals surface area contributed by atoms with Crippen LogP contribution in [0.15, 0.2) is 24.3 Å². The van der Waals surface area contributed by atoms with Crippen molar-refractivity contribution in [1.29, 1.82) is 0 Å². The molecule has 126 valence electrons. The summed E-state index contributed by atoms with van der Waals surface area (Å²) in [6.07, 6.45) is 0.635. The molecule has 0 spiro atoms. The molecule has 1 aliphatic rings. The van der Waals surface area contributed by atoms with E-state index in [0.29, 0.717) is 23.6 Å². The van der Waals surface area contributed by atoms with Gasteiger partial charge < -0.3 is 16.0 Å². The molecule has 1 heterocycles. The van der Waals surface area contributed by atoms with E-state index >= 15 is 0 Å². The van der Waals surface area contributed by atoms with Gasteiger partial charge in [0.1, 0.15) is 0 Å². The maximum absolute atomic E-state index is 12.5. The molecule has 1 aromatic rings. The molecule has 0 aromatic heterocycles. The first-order valence-electron chi connectivity index (χ1n) is 8.01. The Kier molecular flexibility index (Phi) is 6.47. The second-order valence-corrected chi connectivity index (χ2v) is 7.44. The van der Waals surface area contributed by atoms with Gasteiger partial charge in [-0.25, -0.2) is 0 Å². The van der Waals surface area contributed by atoms with Crippen molar-refractivity contribution in [3.63, 3.8) is 0 Å². The van der Waals surface area contributed by atoms with Crippen LogP contribution in [0.2, 0.25) is 0 Å². The zero-order valence-corrected chi connectivity index (χ0v) is 14.6. The molecule has 2 rings (SSSR count). The van der Waals surface area contributed by atoms with E-state index in [-0.39, 0.29) is 11.8 Å². The van der Waals surface area contributed by atoms with E-state index in [1.165, 1.54) is 0 Å². The maximum atomic E-state index is 12.5. The van der Waals surface area contributed by atoms with Crippen molar-refractivity contribution in [2.75, 3.05) is 29.9 Å². The van der Waals surface area contributed by atoms with Crippen LogP contribution in [0.4, 0.5) is 5.69 Å². The Hall–Kier alpha value is -1.53. The van der Waals surface area contributed by atoms with Gasteiger partial charge in [0, 0.05) is 35.8 Å². The number of nitrogens with zero attached hydrogens (tertiary/aromatic N) is 1. The van der Waals surface area contributed by atoms with Crippen LogP contribution < -0.4 is 11.1 Å². The fraction of sp³-hybridized carbons (Fsp3) is 0.529. The normalized spacial score (nSPS) is 16.3. The highest BCUT2D eigenvalue weighted by atomic mass is 32.2. The Morgan fingerprint density at radius 3 is 2.65 bits per heavy atom. The van der Waals surface area contributed by atoms with Gasteiger partial charge in [0.05, 0.1) is 6.04 Å². The molecular weight excluding hydrogens is 310 g/mol. The molecule has 3 N–H and O–H groups in total. The minimum atomic E-state index is -0.534. The summed E-state index contributed by atoms with van der Waals surface area (Å²) in [5, 5.41) is 2.81. The fourth-order valence-corrected chi connectivity index (χ4v) is 3.43. The first kappa shape index (κ1) is 17.8. The molecule has 1 atom stereocenters. The van der Waals surface area contributed by atoms with Gasteiger partial charge >= 0.3 is 0 Å². The van der Waals surface area contributed by atoms with E-state index in [2.05, 4.69) is 5.32 Å². The number of hydrogen-bond acceptors (Lipinski definition) is 4. The Morgan fingerprint density at radius 2 is 2.00 bits per heavy atom. The molecule has 23 heavy (non-hydrogen) atoms. The molecule has 6 heteroatoms. The predicted octanol–water partition coefficient (Wildman–Crippen LogP) is 2.19. The third-order valence-corrected chi connectivity index (χ3v) is 4.68. The predicted molar refractivity (Wildman–Crippen MR) is 95.7 cm³/mol. The first-order chi connectivity index (χ1) is 11.0. The molecule has 5 nitrogen and oxygen atoms in total. The summed E-state index contributed by atoms with van der Waals surface area (Å²) in [5.41, 5.74) is 7.11. The van der Waals surface area contributed by atoms with E-state index in [0.717, 1.165) is 24.6 Å². The number of hydrogen-bond donors (Lipinski definition) is 2. The number of rotatable bonds is 5. The highest BCUT2D eigenvalue weighted by Gasteiger charge is 2.19. The minimum Gasteiger partial charge on any atom is -0.337 e. The maximum Gasteiger partial charge on any atom is 0.253 e. The molecule has 0 unspecified atom stereocenters. The van der Waals surface area contributed by atoms with E-state index in [1.807, 2.05) is 30.5 Å². The van der Waals surface area contributed by atoms with Gasteiger partial charge in [-0.3, -0.25) is 9.59 Å². The largest absolute Gasteiger partial charge is 0.337 e. The lowest BCUT2D eigenvalue weighted by Crippen LogP contribution is -2.38. The van der Waals surface area contributed by atoms with Gasteiger partial charge in [-0.05, 0) is 30.5 Å². The number of anilines is 1. The summed E-state index contributed by atoms with van der Waals surface area (Å²) in [4.78, 5) is 26.5. The van der Waals surface area contributed by atoms with Crippen LogP contribution >= 0.6 is 11.8 Å². The molecule has 0 aliphatic carbocycles. The van der Waals surface area contributed by atoms with Crippen LogP contribution in [-0.4, -0.2) is 47.4 Å². The number of nitrogens with one attached hydrogen (secondary N) is 1. The molecule has 0 bridgehead atoms. The minimum absolute atomic E-state index is 0.0212. The zero-order chi connectivity index (χ0) is 16.8. The summed E-state index contributed by atoms with van der Waals surface area (Å²) in [5.74, 6) is 2.13. The van der Waals surface area contributed by atoms with Crippen molar-refractivity contribution in [2.45, 2.75) is 26.3 Å². The Morgan fingerprint density at radius 1 is 1.30 bits per heavy atom. The van der Waals surface area contributed by atoms with Crippen molar-refractivity contribution < 1.29 is 9.59 Å². The molecule has 0 radical (unpaired) electrons. The molecular formula is C17H25N3O2S. The summed E-state index contributed by atoms with van der Waals surface area (Å²) in [6.45, 7) is 5.62. The lowest BCUT2D eigenvalue weighted by atomic mass is 10.0. The smallest absolute Gasteiger partial charge is 0.253 e. The van der Waals surface area contributed by atoms with Crippen molar-refractivity contribution in [2.24, 2.45) is 11.7 Å². The number of benzene rings is 1. The lowest BCUT2D eigenvalue weighted by molar-refractivity contribution is -0.117. The molecule has 2 amide bonds. The molecule has 1 saturated heterocycles. The third kappa shape index (κ3) is 5.25.